The molecule has 0 aliphatic carbocycles. The first-order valence-electron chi connectivity index (χ1n) is 9.83. The summed E-state index contributed by atoms with van der Waals surface area (Å²) in [7, 11) is -3.67. The Labute approximate surface area is 180 Å². The average molecular weight is 426 g/mol. The molecule has 0 unspecified atom stereocenters. The van der Waals surface area contributed by atoms with E-state index in [9.17, 15) is 8.42 Å². The summed E-state index contributed by atoms with van der Waals surface area (Å²) < 4.78 is 30.2. The second kappa shape index (κ2) is 7.74. The molecule has 5 aromatic rings. The van der Waals surface area contributed by atoms with Crippen molar-refractivity contribution in [2.75, 3.05) is 4.72 Å². The Kier molecular flexibility index (Phi) is 4.76. The zero-order chi connectivity index (χ0) is 21.3. The minimum Gasteiger partial charge on any atom is -0.292 e. The number of nitrogens with one attached hydrogen (secondary N) is 1. The molecule has 0 atom stereocenters. The van der Waals surface area contributed by atoms with Gasteiger partial charge in [0.05, 0.1) is 21.6 Å². The standard InChI is InChI=1S/C25H19N3O2S/c29-31(30,22-14-8-3-9-15-22)27-20-16-17-24-23(18-20)26-25(19-10-4-1-5-11-19)28(24)21-12-6-2-7-13-21/h1-18,27H. The third-order valence-corrected chi connectivity index (χ3v) is 6.40. The molecule has 0 aliphatic rings. The first-order chi connectivity index (χ1) is 15.1. The second-order valence-electron chi connectivity index (χ2n) is 7.09. The molecule has 0 fully saturated rings. The third-order valence-electron chi connectivity index (χ3n) is 5.01. The SMILES string of the molecule is O=S(=O)(Nc1ccc2c(c1)nc(-c1ccccc1)n2-c1ccccc1)c1ccccc1. The van der Waals surface area contributed by atoms with Crippen LogP contribution in [0.15, 0.2) is 114 Å². The molecule has 1 N–H and O–H groups in total. The quantitative estimate of drug-likeness (QED) is 0.405. The van der Waals surface area contributed by atoms with Crippen LogP contribution in [0.25, 0.3) is 28.1 Å². The van der Waals surface area contributed by atoms with Crippen LogP contribution in [-0.2, 0) is 10.0 Å². The highest BCUT2D eigenvalue weighted by atomic mass is 32.2. The maximum atomic E-state index is 12.7. The van der Waals surface area contributed by atoms with E-state index in [0.717, 1.165) is 22.6 Å². The summed E-state index contributed by atoms with van der Waals surface area (Å²) in [5.74, 6) is 0.796. The fourth-order valence-corrected chi connectivity index (χ4v) is 4.65. The van der Waals surface area contributed by atoms with E-state index in [1.165, 1.54) is 0 Å². The zero-order valence-corrected chi connectivity index (χ0v) is 17.3. The predicted molar refractivity (Wildman–Crippen MR) is 124 cm³/mol. The van der Waals surface area contributed by atoms with Crippen molar-refractivity contribution in [3.8, 4) is 17.1 Å². The van der Waals surface area contributed by atoms with E-state index in [4.69, 9.17) is 4.98 Å². The first-order valence-corrected chi connectivity index (χ1v) is 11.3. The number of aromatic nitrogens is 2. The Hall–Kier alpha value is -3.90. The number of imidazole rings is 1. The molecule has 5 nitrogen and oxygen atoms in total. The molecule has 0 amide bonds. The summed E-state index contributed by atoms with van der Waals surface area (Å²) in [6.07, 6.45) is 0. The van der Waals surface area contributed by atoms with E-state index in [1.54, 1.807) is 42.5 Å². The predicted octanol–water partition coefficient (Wildman–Crippen LogP) is 5.49. The van der Waals surface area contributed by atoms with Gasteiger partial charge in [-0.05, 0) is 42.5 Å². The summed E-state index contributed by atoms with van der Waals surface area (Å²) in [4.78, 5) is 5.07. The number of hydrogen-bond donors (Lipinski definition) is 1. The molecule has 0 radical (unpaired) electrons. The molecule has 6 heteroatoms. The molecule has 0 saturated carbocycles. The van der Waals surface area contributed by atoms with E-state index in [0.29, 0.717) is 11.2 Å². The van der Waals surface area contributed by atoms with Crippen LogP contribution in [0.4, 0.5) is 5.69 Å². The zero-order valence-electron chi connectivity index (χ0n) is 16.5. The van der Waals surface area contributed by atoms with E-state index in [2.05, 4.69) is 9.29 Å². The van der Waals surface area contributed by atoms with Gasteiger partial charge in [0.2, 0.25) is 0 Å². The summed E-state index contributed by atoms with van der Waals surface area (Å²) in [5, 5.41) is 0. The number of sulfonamides is 1. The Bertz CT molecular complexity index is 1450. The van der Waals surface area contributed by atoms with Crippen molar-refractivity contribution in [3.63, 3.8) is 0 Å². The number of fused-ring (bicyclic) bond motifs is 1. The number of hydrogen-bond acceptors (Lipinski definition) is 3. The first kappa shape index (κ1) is 19.1. The van der Waals surface area contributed by atoms with Crippen LogP contribution in [0.1, 0.15) is 0 Å². The average Bonchev–Trinajstić information content (AvgIpc) is 3.19. The molecular weight excluding hydrogens is 406 g/mol. The normalized spacial score (nSPS) is 11.5. The molecule has 0 spiro atoms. The molecular formula is C25H19N3O2S. The molecule has 1 aromatic heterocycles. The Balaban J connectivity index is 1.63. The van der Waals surface area contributed by atoms with Gasteiger partial charge in [0.25, 0.3) is 10.0 Å². The van der Waals surface area contributed by atoms with Crippen molar-refractivity contribution in [1.29, 1.82) is 0 Å². The van der Waals surface area contributed by atoms with Gasteiger partial charge in [0, 0.05) is 11.3 Å². The maximum absolute atomic E-state index is 12.7. The van der Waals surface area contributed by atoms with Crippen molar-refractivity contribution >= 4 is 26.7 Å². The van der Waals surface area contributed by atoms with Crippen molar-refractivity contribution < 1.29 is 8.42 Å². The van der Waals surface area contributed by atoms with Crippen LogP contribution >= 0.6 is 0 Å². The lowest BCUT2D eigenvalue weighted by Gasteiger charge is -2.10. The molecule has 5 rings (SSSR count). The summed E-state index contributed by atoms with van der Waals surface area (Å²) >= 11 is 0. The topological polar surface area (TPSA) is 64.0 Å². The molecule has 0 bridgehead atoms. The lowest BCUT2D eigenvalue weighted by Crippen LogP contribution is -2.12. The molecule has 4 aromatic carbocycles. The number of para-hydroxylation sites is 1. The van der Waals surface area contributed by atoms with Crippen LogP contribution in [0, 0.1) is 0 Å². The van der Waals surface area contributed by atoms with Crippen LogP contribution in [0.2, 0.25) is 0 Å². The molecule has 0 aliphatic heterocycles. The maximum Gasteiger partial charge on any atom is 0.261 e. The van der Waals surface area contributed by atoms with Gasteiger partial charge in [-0.15, -0.1) is 0 Å². The van der Waals surface area contributed by atoms with Crippen molar-refractivity contribution in [2.24, 2.45) is 0 Å². The van der Waals surface area contributed by atoms with Gasteiger partial charge in [0.15, 0.2) is 0 Å². The summed E-state index contributed by atoms with van der Waals surface area (Å²) in [5.41, 5.74) is 4.03. The smallest absolute Gasteiger partial charge is 0.261 e. The summed E-state index contributed by atoms with van der Waals surface area (Å²) in [6, 6.07) is 33.7. The van der Waals surface area contributed by atoms with Gasteiger partial charge in [-0.3, -0.25) is 9.29 Å². The van der Waals surface area contributed by atoms with E-state index in [1.807, 2.05) is 66.7 Å². The molecule has 1 heterocycles. The van der Waals surface area contributed by atoms with Gasteiger partial charge in [-0.1, -0.05) is 66.7 Å². The van der Waals surface area contributed by atoms with Gasteiger partial charge in [-0.25, -0.2) is 13.4 Å². The van der Waals surface area contributed by atoms with Crippen molar-refractivity contribution in [3.05, 3.63) is 109 Å². The van der Waals surface area contributed by atoms with Crippen molar-refractivity contribution in [1.82, 2.24) is 9.55 Å². The van der Waals surface area contributed by atoms with Crippen molar-refractivity contribution in [2.45, 2.75) is 4.90 Å². The fraction of sp³-hybridized carbons (Fsp3) is 0. The minimum absolute atomic E-state index is 0.217. The van der Waals surface area contributed by atoms with E-state index < -0.39 is 10.0 Å². The molecule has 0 saturated heterocycles. The van der Waals surface area contributed by atoms with Gasteiger partial charge in [0.1, 0.15) is 5.82 Å². The molecule has 31 heavy (non-hydrogen) atoms. The third kappa shape index (κ3) is 3.69. The number of rotatable bonds is 5. The lowest BCUT2D eigenvalue weighted by atomic mass is 10.2. The summed E-state index contributed by atoms with van der Waals surface area (Å²) in [6.45, 7) is 0. The lowest BCUT2D eigenvalue weighted by molar-refractivity contribution is 0.601. The monoisotopic (exact) mass is 425 g/mol. The Morgan fingerprint density at radius 3 is 2.00 bits per heavy atom. The van der Waals surface area contributed by atoms with Crippen LogP contribution in [0.5, 0.6) is 0 Å². The minimum atomic E-state index is -3.67. The number of nitrogens with zero attached hydrogens (tertiary/aromatic N) is 2. The molecule has 152 valence electrons. The van der Waals surface area contributed by atoms with Gasteiger partial charge >= 0.3 is 0 Å². The Morgan fingerprint density at radius 1 is 0.710 bits per heavy atom. The van der Waals surface area contributed by atoms with E-state index >= 15 is 0 Å². The Morgan fingerprint density at radius 2 is 1.32 bits per heavy atom. The van der Waals surface area contributed by atoms with Crippen LogP contribution < -0.4 is 4.72 Å². The van der Waals surface area contributed by atoms with Gasteiger partial charge in [-0.2, -0.15) is 0 Å². The van der Waals surface area contributed by atoms with E-state index in [-0.39, 0.29) is 4.90 Å². The highest BCUT2D eigenvalue weighted by Crippen LogP contribution is 2.30. The number of anilines is 1. The number of benzene rings is 4. The largest absolute Gasteiger partial charge is 0.292 e. The fourth-order valence-electron chi connectivity index (χ4n) is 3.58. The van der Waals surface area contributed by atoms with Crippen LogP contribution in [-0.4, -0.2) is 18.0 Å². The van der Waals surface area contributed by atoms with Crippen LogP contribution in [0.3, 0.4) is 0 Å². The second-order valence-corrected chi connectivity index (χ2v) is 8.78. The highest BCUT2D eigenvalue weighted by Gasteiger charge is 2.17. The highest BCUT2D eigenvalue weighted by molar-refractivity contribution is 7.92. The van der Waals surface area contributed by atoms with Gasteiger partial charge < -0.3 is 0 Å².